The van der Waals surface area contributed by atoms with Crippen LogP contribution in [0.25, 0.3) is 0 Å². The monoisotopic (exact) mass is 679 g/mol. The van der Waals surface area contributed by atoms with E-state index in [1.54, 1.807) is 11.1 Å². The van der Waals surface area contributed by atoms with Gasteiger partial charge in [0.15, 0.2) is 0 Å². The highest BCUT2D eigenvalue weighted by molar-refractivity contribution is 5.07. The number of ether oxygens (including phenoxy) is 1. The topological polar surface area (TPSA) is 9.23 Å². The maximum atomic E-state index is 6.03. The Kier molecular flexibility index (Phi) is 22.1. The van der Waals surface area contributed by atoms with E-state index >= 15 is 0 Å². The van der Waals surface area contributed by atoms with Crippen LogP contribution < -0.4 is 0 Å². The fourth-order valence-electron chi connectivity index (χ4n) is 10.4. The summed E-state index contributed by atoms with van der Waals surface area (Å²) in [6.45, 7) is 6.63. The van der Waals surface area contributed by atoms with E-state index in [4.69, 9.17) is 4.74 Å². The van der Waals surface area contributed by atoms with Gasteiger partial charge in [0, 0.05) is 13.2 Å². The summed E-state index contributed by atoms with van der Waals surface area (Å²) in [5.74, 6) is 6.21. The van der Waals surface area contributed by atoms with E-state index in [2.05, 4.69) is 26.0 Å². The lowest BCUT2D eigenvalue weighted by Crippen LogP contribution is -2.16. The molecule has 0 aromatic rings. The van der Waals surface area contributed by atoms with Gasteiger partial charge in [0.1, 0.15) is 0 Å². The molecule has 284 valence electrons. The zero-order valence-electron chi connectivity index (χ0n) is 33.5. The third-order valence-corrected chi connectivity index (χ3v) is 14.1. The van der Waals surface area contributed by atoms with Crippen LogP contribution in [0.2, 0.25) is 0 Å². The molecule has 4 aliphatic rings. The molecule has 0 amide bonds. The zero-order valence-corrected chi connectivity index (χ0v) is 33.5. The lowest BCUT2D eigenvalue weighted by atomic mass is 9.76. The molecule has 0 heterocycles. The first-order chi connectivity index (χ1) is 24.2. The van der Waals surface area contributed by atoms with Gasteiger partial charge < -0.3 is 4.74 Å². The van der Waals surface area contributed by atoms with E-state index in [0.29, 0.717) is 0 Å². The van der Waals surface area contributed by atoms with Gasteiger partial charge in [-0.1, -0.05) is 166 Å². The SMILES string of the molecule is CCCCCC1CCC(CCC2CC=C(CCCCCOCCCCCC3=CCC(CCC4CCC(CCCCC)CC4)CC3)CC2)CC1. The highest BCUT2D eigenvalue weighted by atomic mass is 16.5. The lowest BCUT2D eigenvalue weighted by molar-refractivity contribution is 0.126. The second-order valence-corrected chi connectivity index (χ2v) is 18.2. The molecular weight excluding hydrogens is 593 g/mol. The summed E-state index contributed by atoms with van der Waals surface area (Å²) < 4.78 is 6.03. The molecule has 0 aromatic carbocycles. The van der Waals surface area contributed by atoms with Gasteiger partial charge in [-0.25, -0.2) is 0 Å². The van der Waals surface area contributed by atoms with Crippen LogP contribution in [-0.4, -0.2) is 13.2 Å². The standard InChI is InChI=1S/C48H86O/c1-3-5-9-15-41-19-27-45(28-20-41)35-37-47-31-23-43(24-32-47)17-11-7-13-39-49-40-14-8-12-18-44-25-33-48(34-26-44)38-36-46-29-21-42(22-30-46)16-10-6-4-2/h23,25,41-42,45-48H,3-22,24,26-40H2,1-2H3. The second kappa shape index (κ2) is 26.2. The van der Waals surface area contributed by atoms with Crippen LogP contribution in [-0.2, 0) is 4.74 Å². The summed E-state index contributed by atoms with van der Waals surface area (Å²) in [5.41, 5.74) is 3.55. The van der Waals surface area contributed by atoms with Crippen molar-refractivity contribution >= 4 is 0 Å². The molecule has 4 aliphatic carbocycles. The summed E-state index contributed by atoms with van der Waals surface area (Å²) in [4.78, 5) is 0. The highest BCUT2D eigenvalue weighted by Crippen LogP contribution is 2.39. The maximum absolute atomic E-state index is 6.03. The number of unbranched alkanes of at least 4 members (excludes halogenated alkanes) is 8. The number of allylic oxidation sites excluding steroid dienone is 4. The van der Waals surface area contributed by atoms with Crippen molar-refractivity contribution in [3.05, 3.63) is 23.3 Å². The first-order valence-electron chi connectivity index (χ1n) is 23.1. The smallest absolute Gasteiger partial charge is 0.0466 e. The Morgan fingerprint density at radius 3 is 1.16 bits per heavy atom. The highest BCUT2D eigenvalue weighted by Gasteiger charge is 2.24. The van der Waals surface area contributed by atoms with E-state index in [-0.39, 0.29) is 0 Å². The van der Waals surface area contributed by atoms with E-state index in [1.807, 2.05) is 0 Å². The van der Waals surface area contributed by atoms with E-state index in [9.17, 15) is 0 Å². The van der Waals surface area contributed by atoms with Gasteiger partial charge in [0.25, 0.3) is 0 Å². The minimum Gasteiger partial charge on any atom is -0.381 e. The predicted octanol–water partition coefficient (Wildman–Crippen LogP) is 15.9. The second-order valence-electron chi connectivity index (χ2n) is 18.2. The predicted molar refractivity (Wildman–Crippen MR) is 216 cm³/mol. The summed E-state index contributed by atoms with van der Waals surface area (Å²) in [5, 5.41) is 0. The largest absolute Gasteiger partial charge is 0.381 e. The molecule has 0 saturated heterocycles. The van der Waals surface area contributed by atoms with Gasteiger partial charge >= 0.3 is 0 Å². The van der Waals surface area contributed by atoms with Gasteiger partial charge in [0.05, 0.1) is 0 Å². The first-order valence-corrected chi connectivity index (χ1v) is 23.1. The molecule has 1 heteroatoms. The third-order valence-electron chi connectivity index (χ3n) is 14.1. The fraction of sp³-hybridized carbons (Fsp3) is 0.917. The van der Waals surface area contributed by atoms with Gasteiger partial charge in [-0.3, -0.25) is 0 Å². The number of hydrogen-bond donors (Lipinski definition) is 0. The molecule has 4 rings (SSSR count). The third kappa shape index (κ3) is 18.2. The number of rotatable bonds is 26. The molecule has 2 fully saturated rings. The van der Waals surface area contributed by atoms with Crippen LogP contribution >= 0.6 is 0 Å². The summed E-state index contributed by atoms with van der Waals surface area (Å²) in [6.07, 6.45) is 54.4. The molecular formula is C48H86O. The van der Waals surface area contributed by atoms with Crippen molar-refractivity contribution in [1.29, 1.82) is 0 Å². The molecule has 0 aliphatic heterocycles. The van der Waals surface area contributed by atoms with Crippen molar-refractivity contribution in [3.8, 4) is 0 Å². The molecule has 49 heavy (non-hydrogen) atoms. The maximum Gasteiger partial charge on any atom is 0.0466 e. The van der Waals surface area contributed by atoms with E-state index in [0.717, 1.165) is 48.7 Å². The van der Waals surface area contributed by atoms with Gasteiger partial charge in [-0.15, -0.1) is 0 Å². The van der Waals surface area contributed by atoms with Crippen LogP contribution in [0, 0.1) is 35.5 Å². The van der Waals surface area contributed by atoms with Crippen molar-refractivity contribution in [2.45, 2.75) is 232 Å². The minimum absolute atomic E-state index is 0.981. The minimum atomic E-state index is 0.981. The van der Waals surface area contributed by atoms with Crippen LogP contribution in [0.15, 0.2) is 23.3 Å². The summed E-state index contributed by atoms with van der Waals surface area (Å²) >= 11 is 0. The Balaban J connectivity index is 0.886. The van der Waals surface area contributed by atoms with Crippen molar-refractivity contribution in [2.24, 2.45) is 35.5 Å². The molecule has 2 atom stereocenters. The van der Waals surface area contributed by atoms with Crippen LogP contribution in [0.4, 0.5) is 0 Å². The van der Waals surface area contributed by atoms with Crippen molar-refractivity contribution < 1.29 is 4.74 Å². The molecule has 0 radical (unpaired) electrons. The Morgan fingerprint density at radius 1 is 0.408 bits per heavy atom. The van der Waals surface area contributed by atoms with Gasteiger partial charge in [-0.05, 0) is 125 Å². The number of hydrogen-bond acceptors (Lipinski definition) is 1. The average molecular weight is 679 g/mol. The molecule has 0 spiro atoms. The first kappa shape index (κ1) is 41.2. The molecule has 1 nitrogen and oxygen atoms in total. The fourth-order valence-corrected chi connectivity index (χ4v) is 10.4. The molecule has 0 aromatic heterocycles. The Morgan fingerprint density at radius 2 is 0.796 bits per heavy atom. The quantitative estimate of drug-likeness (QED) is 0.0653. The molecule has 2 unspecified atom stereocenters. The van der Waals surface area contributed by atoms with Crippen molar-refractivity contribution in [1.82, 2.24) is 0 Å². The van der Waals surface area contributed by atoms with Gasteiger partial charge in [-0.2, -0.15) is 0 Å². The Hall–Kier alpha value is -0.560. The van der Waals surface area contributed by atoms with Crippen molar-refractivity contribution in [3.63, 3.8) is 0 Å². The molecule has 0 N–H and O–H groups in total. The van der Waals surface area contributed by atoms with E-state index < -0.39 is 0 Å². The van der Waals surface area contributed by atoms with Crippen LogP contribution in [0.1, 0.15) is 232 Å². The van der Waals surface area contributed by atoms with Gasteiger partial charge in [0.2, 0.25) is 0 Å². The zero-order chi connectivity index (χ0) is 34.2. The van der Waals surface area contributed by atoms with Crippen molar-refractivity contribution in [2.75, 3.05) is 13.2 Å². The Bertz CT molecular complexity index is 782. The lowest BCUT2D eigenvalue weighted by Gasteiger charge is -2.30. The average Bonchev–Trinajstić information content (AvgIpc) is 3.14. The molecule has 2 saturated carbocycles. The normalized spacial score (nSPS) is 28.0. The van der Waals surface area contributed by atoms with E-state index in [1.165, 1.54) is 218 Å². The molecule has 0 bridgehead atoms. The summed E-state index contributed by atoms with van der Waals surface area (Å²) in [6, 6.07) is 0. The Labute approximate surface area is 308 Å². The summed E-state index contributed by atoms with van der Waals surface area (Å²) in [7, 11) is 0. The van der Waals surface area contributed by atoms with Crippen LogP contribution in [0.5, 0.6) is 0 Å². The van der Waals surface area contributed by atoms with Crippen LogP contribution in [0.3, 0.4) is 0 Å².